The standard InChI is InChI=1S/C17H19NO2/c1-13-8-9-16(20-2)15(12-13)17(19)18-11-10-14-6-4-3-5-7-14/h3-9,12H,10-11H2,1-2H3,(H,18,19). The number of amides is 1. The largest absolute Gasteiger partial charge is 0.496 e. The van der Waals surface area contributed by atoms with Gasteiger partial charge in [0.25, 0.3) is 5.91 Å². The van der Waals surface area contributed by atoms with E-state index < -0.39 is 0 Å². The Balaban J connectivity index is 1.97. The lowest BCUT2D eigenvalue weighted by atomic mass is 10.1. The molecule has 0 spiro atoms. The van der Waals surface area contributed by atoms with E-state index in [0.717, 1.165) is 12.0 Å². The van der Waals surface area contributed by atoms with E-state index in [0.29, 0.717) is 17.9 Å². The van der Waals surface area contributed by atoms with Gasteiger partial charge in [0, 0.05) is 6.54 Å². The normalized spacial score (nSPS) is 10.1. The van der Waals surface area contributed by atoms with E-state index >= 15 is 0 Å². The quantitative estimate of drug-likeness (QED) is 0.906. The maximum Gasteiger partial charge on any atom is 0.255 e. The number of carbonyl (C=O) groups excluding carboxylic acids is 1. The van der Waals surface area contributed by atoms with Crippen molar-refractivity contribution >= 4 is 5.91 Å². The Morgan fingerprint density at radius 2 is 1.90 bits per heavy atom. The molecule has 0 unspecified atom stereocenters. The van der Waals surface area contributed by atoms with Crippen molar-refractivity contribution in [3.8, 4) is 5.75 Å². The third-order valence-electron chi connectivity index (χ3n) is 3.14. The number of aryl methyl sites for hydroxylation is 1. The van der Waals surface area contributed by atoms with Crippen molar-refractivity contribution in [1.82, 2.24) is 5.32 Å². The molecular formula is C17H19NO2. The van der Waals surface area contributed by atoms with Crippen molar-refractivity contribution in [3.63, 3.8) is 0 Å². The maximum atomic E-state index is 12.2. The number of ether oxygens (including phenoxy) is 1. The van der Waals surface area contributed by atoms with Gasteiger partial charge in [-0.3, -0.25) is 4.79 Å². The zero-order valence-corrected chi connectivity index (χ0v) is 11.8. The van der Waals surface area contributed by atoms with Crippen LogP contribution in [0.1, 0.15) is 21.5 Å². The first-order chi connectivity index (χ1) is 9.70. The zero-order valence-electron chi connectivity index (χ0n) is 11.8. The van der Waals surface area contributed by atoms with E-state index in [2.05, 4.69) is 17.4 Å². The first kappa shape index (κ1) is 14.1. The van der Waals surface area contributed by atoms with Crippen LogP contribution in [0.15, 0.2) is 48.5 Å². The highest BCUT2D eigenvalue weighted by Gasteiger charge is 2.11. The van der Waals surface area contributed by atoms with Crippen molar-refractivity contribution in [2.75, 3.05) is 13.7 Å². The number of hydrogen-bond donors (Lipinski definition) is 1. The van der Waals surface area contributed by atoms with Crippen LogP contribution in [0.2, 0.25) is 0 Å². The summed E-state index contributed by atoms with van der Waals surface area (Å²) in [5.41, 5.74) is 2.84. The molecular weight excluding hydrogens is 250 g/mol. The van der Waals surface area contributed by atoms with Crippen LogP contribution in [-0.2, 0) is 6.42 Å². The van der Waals surface area contributed by atoms with Crippen LogP contribution in [0.3, 0.4) is 0 Å². The van der Waals surface area contributed by atoms with Gasteiger partial charge in [-0.15, -0.1) is 0 Å². The first-order valence-electron chi connectivity index (χ1n) is 6.67. The van der Waals surface area contributed by atoms with E-state index in [-0.39, 0.29) is 5.91 Å². The highest BCUT2D eigenvalue weighted by atomic mass is 16.5. The Labute approximate surface area is 119 Å². The Morgan fingerprint density at radius 1 is 1.15 bits per heavy atom. The van der Waals surface area contributed by atoms with Crippen molar-refractivity contribution in [1.29, 1.82) is 0 Å². The van der Waals surface area contributed by atoms with E-state index in [1.165, 1.54) is 5.56 Å². The lowest BCUT2D eigenvalue weighted by molar-refractivity contribution is 0.0951. The summed E-state index contributed by atoms with van der Waals surface area (Å²) in [5.74, 6) is 0.509. The summed E-state index contributed by atoms with van der Waals surface area (Å²) in [7, 11) is 1.57. The highest BCUT2D eigenvalue weighted by Crippen LogP contribution is 2.19. The zero-order chi connectivity index (χ0) is 14.4. The van der Waals surface area contributed by atoms with Gasteiger partial charge in [0.2, 0.25) is 0 Å². The SMILES string of the molecule is COc1ccc(C)cc1C(=O)NCCc1ccccc1. The molecule has 0 atom stereocenters. The molecule has 0 fully saturated rings. The molecule has 0 radical (unpaired) electrons. The molecule has 0 aromatic heterocycles. The van der Waals surface area contributed by atoms with Crippen LogP contribution in [0, 0.1) is 6.92 Å². The number of nitrogens with one attached hydrogen (secondary N) is 1. The Hall–Kier alpha value is -2.29. The second kappa shape index (κ2) is 6.75. The fourth-order valence-electron chi connectivity index (χ4n) is 2.06. The third kappa shape index (κ3) is 3.60. The molecule has 2 rings (SSSR count). The lowest BCUT2D eigenvalue weighted by Gasteiger charge is -2.10. The molecule has 0 aliphatic rings. The smallest absolute Gasteiger partial charge is 0.255 e. The molecule has 3 nitrogen and oxygen atoms in total. The Kier molecular flexibility index (Phi) is 4.77. The van der Waals surface area contributed by atoms with Gasteiger partial charge in [-0.05, 0) is 31.0 Å². The predicted molar refractivity (Wildman–Crippen MR) is 80.2 cm³/mol. The molecule has 0 aliphatic heterocycles. The summed E-state index contributed by atoms with van der Waals surface area (Å²) in [6.45, 7) is 2.57. The summed E-state index contributed by atoms with van der Waals surface area (Å²) in [4.78, 5) is 12.2. The van der Waals surface area contributed by atoms with Gasteiger partial charge >= 0.3 is 0 Å². The lowest BCUT2D eigenvalue weighted by Crippen LogP contribution is -2.26. The fraction of sp³-hybridized carbons (Fsp3) is 0.235. The minimum absolute atomic E-state index is 0.0959. The van der Waals surface area contributed by atoms with Crippen LogP contribution in [-0.4, -0.2) is 19.6 Å². The molecule has 0 bridgehead atoms. The van der Waals surface area contributed by atoms with Gasteiger partial charge in [-0.1, -0.05) is 42.0 Å². The molecule has 0 saturated heterocycles. The Morgan fingerprint density at radius 3 is 2.60 bits per heavy atom. The second-order valence-electron chi connectivity index (χ2n) is 4.70. The molecule has 1 N–H and O–H groups in total. The van der Waals surface area contributed by atoms with Crippen LogP contribution in [0.5, 0.6) is 5.75 Å². The number of carbonyl (C=O) groups is 1. The maximum absolute atomic E-state index is 12.2. The van der Waals surface area contributed by atoms with Crippen LogP contribution >= 0.6 is 0 Å². The minimum atomic E-state index is -0.0959. The molecule has 104 valence electrons. The van der Waals surface area contributed by atoms with Gasteiger partial charge < -0.3 is 10.1 Å². The van der Waals surface area contributed by atoms with E-state index in [1.807, 2.05) is 43.3 Å². The average Bonchev–Trinajstić information content (AvgIpc) is 2.48. The van der Waals surface area contributed by atoms with E-state index in [4.69, 9.17) is 4.74 Å². The summed E-state index contributed by atoms with van der Waals surface area (Å²) >= 11 is 0. The van der Waals surface area contributed by atoms with Gasteiger partial charge in [0.1, 0.15) is 5.75 Å². The predicted octanol–water partition coefficient (Wildman–Crippen LogP) is 2.98. The van der Waals surface area contributed by atoms with Crippen LogP contribution in [0.4, 0.5) is 0 Å². The molecule has 2 aromatic carbocycles. The highest BCUT2D eigenvalue weighted by molar-refractivity contribution is 5.97. The molecule has 3 heteroatoms. The van der Waals surface area contributed by atoms with Crippen LogP contribution < -0.4 is 10.1 Å². The molecule has 20 heavy (non-hydrogen) atoms. The van der Waals surface area contributed by atoms with E-state index in [1.54, 1.807) is 7.11 Å². The van der Waals surface area contributed by atoms with E-state index in [9.17, 15) is 4.79 Å². The second-order valence-corrected chi connectivity index (χ2v) is 4.70. The van der Waals surface area contributed by atoms with Crippen molar-refractivity contribution in [2.45, 2.75) is 13.3 Å². The molecule has 0 aliphatic carbocycles. The molecule has 2 aromatic rings. The van der Waals surface area contributed by atoms with Gasteiger partial charge in [-0.2, -0.15) is 0 Å². The van der Waals surface area contributed by atoms with Crippen molar-refractivity contribution < 1.29 is 9.53 Å². The van der Waals surface area contributed by atoms with Crippen molar-refractivity contribution in [3.05, 3.63) is 65.2 Å². The van der Waals surface area contributed by atoms with Crippen LogP contribution in [0.25, 0.3) is 0 Å². The number of rotatable bonds is 5. The molecule has 0 saturated carbocycles. The average molecular weight is 269 g/mol. The molecule has 1 amide bonds. The summed E-state index contributed by atoms with van der Waals surface area (Å²) in [6.07, 6.45) is 0.820. The van der Waals surface area contributed by atoms with Crippen molar-refractivity contribution in [2.24, 2.45) is 0 Å². The topological polar surface area (TPSA) is 38.3 Å². The number of methoxy groups -OCH3 is 1. The third-order valence-corrected chi connectivity index (χ3v) is 3.14. The summed E-state index contributed by atoms with van der Waals surface area (Å²) < 4.78 is 5.23. The Bertz CT molecular complexity index is 579. The molecule has 0 heterocycles. The summed E-state index contributed by atoms with van der Waals surface area (Å²) in [5, 5.41) is 2.93. The number of benzene rings is 2. The minimum Gasteiger partial charge on any atom is -0.496 e. The fourth-order valence-corrected chi connectivity index (χ4v) is 2.06. The first-order valence-corrected chi connectivity index (χ1v) is 6.67. The monoisotopic (exact) mass is 269 g/mol. The van der Waals surface area contributed by atoms with Gasteiger partial charge in [-0.25, -0.2) is 0 Å². The van der Waals surface area contributed by atoms with Gasteiger partial charge in [0.15, 0.2) is 0 Å². The summed E-state index contributed by atoms with van der Waals surface area (Å²) in [6, 6.07) is 15.7. The van der Waals surface area contributed by atoms with Gasteiger partial charge in [0.05, 0.1) is 12.7 Å². The number of hydrogen-bond acceptors (Lipinski definition) is 2.